The first-order chi connectivity index (χ1) is 43.7. The Kier molecular flexibility index (Phi) is 33.2. The summed E-state index contributed by atoms with van der Waals surface area (Å²) in [5, 5.41) is 48.5. The van der Waals surface area contributed by atoms with E-state index in [0.717, 1.165) is 16.5 Å². The van der Waals surface area contributed by atoms with Crippen LogP contribution in [0.4, 0.5) is 0 Å². The van der Waals surface area contributed by atoms with Crippen LogP contribution in [-0.2, 0) is 67.2 Å². The average molecular weight is 1420 g/mol. The third-order valence-corrected chi connectivity index (χ3v) is 17.3. The number of guanidine groups is 1. The second-order valence-corrected chi connectivity index (χ2v) is 24.8. The van der Waals surface area contributed by atoms with Crippen LogP contribution in [0.1, 0.15) is 55.3 Å². The molecule has 0 bridgehead atoms. The van der Waals surface area contributed by atoms with Gasteiger partial charge in [-0.15, -0.1) is 0 Å². The first kappa shape index (κ1) is 74.4. The summed E-state index contributed by atoms with van der Waals surface area (Å²) >= 11 is -1.20. The number of H-pyrrole nitrogens is 2. The van der Waals surface area contributed by atoms with Crippen molar-refractivity contribution in [1.29, 1.82) is 0 Å². The number of hydrogen-bond acceptors (Lipinski definition) is 18. The summed E-state index contributed by atoms with van der Waals surface area (Å²) in [7, 11) is 4.42. The van der Waals surface area contributed by atoms with E-state index in [0.29, 0.717) is 50.2 Å². The number of fused-ring (bicyclic) bond motifs is 1. The number of halogens is 1. The van der Waals surface area contributed by atoms with Crippen LogP contribution >= 0.6 is 18.8 Å². The molecule has 91 heavy (non-hydrogen) atoms. The number of aliphatic carboxylic acids is 3. The molecule has 31 nitrogen and oxygen atoms in total. The van der Waals surface area contributed by atoms with E-state index >= 15 is 0 Å². The molecule has 0 spiro atoms. The van der Waals surface area contributed by atoms with E-state index in [1.54, 1.807) is 27.1 Å². The number of carbonyl (C=O) groups is 10. The van der Waals surface area contributed by atoms with Gasteiger partial charge in [-0.1, -0.05) is 57.9 Å². The Morgan fingerprint density at radius 3 is 1.70 bits per heavy atom. The molecule has 2 unspecified atom stereocenters. The molecular weight excluding hydrogens is 1330 g/mol. The van der Waals surface area contributed by atoms with Crippen LogP contribution in [0, 0.1) is 0 Å². The molecule has 1 saturated heterocycles. The summed E-state index contributed by atoms with van der Waals surface area (Å²) in [5.41, 5.74) is 14.2. The number of aromatic nitrogens is 3. The molecule has 0 aliphatic carbocycles. The number of nitrogens with two attached hydrogens (primary N) is 2. The van der Waals surface area contributed by atoms with E-state index in [-0.39, 0.29) is 120 Å². The Balaban J connectivity index is 1.21. The average Bonchev–Trinajstić information content (AvgIpc) is 2.35. The molecule has 1 aliphatic heterocycles. The number of carboxylic acids is 3. The quantitative estimate of drug-likeness (QED) is 0.00378. The van der Waals surface area contributed by atoms with Gasteiger partial charge in [-0.3, -0.25) is 24.5 Å². The molecule has 7 atom stereocenters. The Morgan fingerprint density at radius 2 is 1.14 bits per heavy atom. The van der Waals surface area contributed by atoms with E-state index in [1.807, 2.05) is 59.5 Å². The number of aliphatic imine (C=N–C) groups is 1. The number of carboxylic acid groups (broad SMARTS) is 3. The normalized spacial score (nSPS) is 15.5. The second kappa shape index (κ2) is 40.5. The molecule has 1 aliphatic rings. The summed E-state index contributed by atoms with van der Waals surface area (Å²) in [4.78, 5) is 153. The third-order valence-electron chi connectivity index (χ3n) is 14.8. The van der Waals surface area contributed by atoms with Crippen molar-refractivity contribution >= 4 is 92.8 Å². The first-order valence-corrected chi connectivity index (χ1v) is 33.0. The number of amides is 6. The summed E-state index contributed by atoms with van der Waals surface area (Å²) < 4.78 is 3.15. The van der Waals surface area contributed by atoms with Gasteiger partial charge in [0, 0.05) is 48.4 Å². The van der Waals surface area contributed by atoms with Crippen LogP contribution in [0.15, 0.2) is 78.3 Å². The molecule has 5 rings (SSSR count). The molecule has 0 saturated carbocycles. The molecule has 2 aromatic carbocycles. The van der Waals surface area contributed by atoms with Gasteiger partial charge in [-0.25, -0.2) is 4.98 Å². The summed E-state index contributed by atoms with van der Waals surface area (Å²) in [6, 6.07) is 11.1. The first-order valence-electron chi connectivity index (χ1n) is 29.7. The number of para-hydroxylation sites is 1. The van der Waals surface area contributed by atoms with Crippen LogP contribution in [0.5, 0.6) is 0 Å². The number of aryl methyl sites for hydroxylation is 1. The van der Waals surface area contributed by atoms with Crippen LogP contribution in [0.25, 0.3) is 10.9 Å². The zero-order valence-electron chi connectivity index (χ0n) is 50.6. The topological polar surface area (TPSA) is 449 Å². The Hall–Kier alpha value is -7.29. The number of rotatable bonds is 38. The fourth-order valence-corrected chi connectivity index (χ4v) is 12.1. The Labute approximate surface area is 542 Å². The van der Waals surface area contributed by atoms with Gasteiger partial charge in [0.1, 0.15) is 12.1 Å². The standard InChI is InChI=1S/C57H86IN18O13P2/c59-57(60)62-17-8-14-42(68-54(87)44(16-15-37-9-2-1-3-10-37)69-55(88)46(71-90)28-39-30-61-36-65-39)53(86)70-45(27-38-29-63-41-12-5-4-11-40(38)41)52(85)64-31-48(78)67-43(56(89)72-91)13-6-7-18-66-58-47(77)32-73-19-21-74(33-49(79)80)23-25-76(35-51(83)84)26-24-75(22-20-73)34-50(81)82/h1-5,9-12,29-30,36,42-46,63,66,71H,6-8,13-28,31-35,90-91H2,(H,61,65)(H,64,85)(H,67,78)(H,68,87)(H,69,88)(H,70,86)(H,72,89)(H,79,80)(H,81,82)(H,83,84)(H4,59,60,62)/q-1/t42-,43-,44+,45-,46-/m0/s1. The number of benzene rings is 2. The Bertz CT molecular complexity index is 3000. The van der Waals surface area contributed by atoms with Gasteiger partial charge in [0.2, 0.25) is 17.7 Å². The maximum atomic E-state index is 14.6. The van der Waals surface area contributed by atoms with Gasteiger partial charge in [0.25, 0.3) is 0 Å². The third kappa shape index (κ3) is 28.4. The maximum absolute atomic E-state index is 14.6. The van der Waals surface area contributed by atoms with Gasteiger partial charge < -0.3 is 37.4 Å². The van der Waals surface area contributed by atoms with Gasteiger partial charge >= 0.3 is 281 Å². The number of nitrogens with zero attached hydrogens (tertiary/aromatic N) is 6. The van der Waals surface area contributed by atoms with Crippen molar-refractivity contribution in [2.45, 2.75) is 88.0 Å². The number of nitrogens with one attached hydrogen (secondary N) is 10. The van der Waals surface area contributed by atoms with Gasteiger partial charge in [-0.2, -0.15) is 0 Å². The van der Waals surface area contributed by atoms with Crippen LogP contribution in [-0.4, -0.2) is 241 Å². The molecule has 34 heteroatoms. The van der Waals surface area contributed by atoms with E-state index in [1.165, 1.54) is 6.33 Å². The molecule has 0 radical (unpaired) electrons. The van der Waals surface area contributed by atoms with Gasteiger partial charge in [0.05, 0.1) is 12.4 Å². The van der Waals surface area contributed by atoms with Crippen molar-refractivity contribution in [3.8, 4) is 0 Å². The van der Waals surface area contributed by atoms with E-state index < -0.39 is 112 Å². The van der Waals surface area contributed by atoms with Gasteiger partial charge in [0.15, 0.2) is 5.96 Å². The zero-order chi connectivity index (χ0) is 66.1. The number of unbranched alkanes of at least 4 members (excludes halogenated alkanes) is 1. The molecule has 2 aromatic heterocycles. The number of aromatic amines is 2. The summed E-state index contributed by atoms with van der Waals surface area (Å²) in [5.74, 6) is -7.27. The molecule has 3 heterocycles. The summed E-state index contributed by atoms with van der Waals surface area (Å²) in [6.07, 6.45) is 6.78. The molecule has 500 valence electrons. The predicted molar refractivity (Wildman–Crippen MR) is 340 cm³/mol. The van der Waals surface area contributed by atoms with Crippen molar-refractivity contribution < 1.29 is 84.7 Å². The number of imidazole rings is 1. The van der Waals surface area contributed by atoms with Crippen LogP contribution in [0.3, 0.4) is 0 Å². The summed E-state index contributed by atoms with van der Waals surface area (Å²) in [6.45, 7) is 1.20. The van der Waals surface area contributed by atoms with E-state index in [9.17, 15) is 63.3 Å². The molecule has 4 aromatic rings. The van der Waals surface area contributed by atoms with E-state index in [2.05, 4.69) is 79.0 Å². The Morgan fingerprint density at radius 1 is 0.604 bits per heavy atom. The van der Waals surface area contributed by atoms with Crippen molar-refractivity contribution in [1.82, 2.24) is 74.8 Å². The molecule has 1 fully saturated rings. The van der Waals surface area contributed by atoms with Crippen molar-refractivity contribution in [2.75, 3.05) is 98.2 Å². The fourth-order valence-electron chi connectivity index (χ4n) is 9.95. The number of hydrogen-bond donors (Lipinski definition) is 15. The van der Waals surface area contributed by atoms with Crippen molar-refractivity contribution in [3.05, 3.63) is 90.1 Å². The molecule has 17 N–H and O–H groups in total. The predicted octanol–water partition coefficient (Wildman–Crippen LogP) is -6.16. The minimum atomic E-state index is -1.32. The van der Waals surface area contributed by atoms with Gasteiger partial charge in [-0.05, 0) is 42.9 Å². The van der Waals surface area contributed by atoms with Crippen LogP contribution in [0.2, 0.25) is 0 Å². The monoisotopic (exact) mass is 1420 g/mol. The van der Waals surface area contributed by atoms with E-state index in [4.69, 9.17) is 11.5 Å². The molecule has 6 amide bonds. The van der Waals surface area contributed by atoms with Crippen molar-refractivity contribution in [3.63, 3.8) is 0 Å². The number of carbonyl (C=O) groups excluding carboxylic acids is 7. The fraction of sp³-hybridized carbons (Fsp3) is 0.509. The second-order valence-electron chi connectivity index (χ2n) is 21.7. The van der Waals surface area contributed by atoms with Crippen molar-refractivity contribution in [2.24, 2.45) is 16.5 Å². The minimum absolute atomic E-state index is 0.00242. The molecular formula is C57H86IN18O13P2-. The van der Waals surface area contributed by atoms with Crippen LogP contribution < -0.4 is 73.2 Å². The zero-order valence-corrected chi connectivity index (χ0v) is 55.0. The SMILES string of the molecule is NC(N)=NCCC[C@H](NC(=O)[C@@H](CCc1ccccc1)NC(=O)[C@H](Cc1cnc[nH]1)NP)C(=O)N[C@@H](Cc1c[nH]c2ccccc12)C(=O)NCC(=O)N[C@@H](CCCCN[I-]C(=O)CN1CCN(CC(=O)O)CCN(CC(=O)O)CCN(CC(=O)O)CC1)C(=O)NP.